The number of nitrogens with zero attached hydrogens (tertiary/aromatic N) is 2. The lowest BCUT2D eigenvalue weighted by Gasteiger charge is -2.17. The van der Waals surface area contributed by atoms with E-state index in [1.165, 1.54) is 7.11 Å². The lowest BCUT2D eigenvalue weighted by molar-refractivity contribution is -0.125. The summed E-state index contributed by atoms with van der Waals surface area (Å²) in [5.41, 5.74) is 1.49. The zero-order valence-electron chi connectivity index (χ0n) is 17.0. The molecule has 4 amide bonds. The van der Waals surface area contributed by atoms with Crippen LogP contribution in [0.15, 0.2) is 64.4 Å². The molecule has 9 heteroatoms. The van der Waals surface area contributed by atoms with Gasteiger partial charge in [-0.05, 0) is 47.3 Å². The highest BCUT2D eigenvalue weighted by atomic mass is 32.2. The van der Waals surface area contributed by atoms with Crippen LogP contribution in [0.1, 0.15) is 11.1 Å². The van der Waals surface area contributed by atoms with E-state index >= 15 is 0 Å². The van der Waals surface area contributed by atoms with Crippen LogP contribution in [-0.4, -0.2) is 52.3 Å². The highest BCUT2D eigenvalue weighted by Crippen LogP contribution is 2.35. The molecule has 2 heterocycles. The Balaban J connectivity index is 1.45. The molecule has 162 valence electrons. The maximum absolute atomic E-state index is 12.8. The SMILES string of the molecule is COc1ccccc1/C=C1/SC(=O)N(CCN2C(=O)S/C(=C\c3ccccc3)C2=O)C1=O. The van der Waals surface area contributed by atoms with E-state index in [4.69, 9.17) is 4.74 Å². The predicted octanol–water partition coefficient (Wildman–Crippen LogP) is 4.47. The van der Waals surface area contributed by atoms with Crippen LogP contribution in [-0.2, 0) is 9.59 Å². The quantitative estimate of drug-likeness (QED) is 0.581. The fraction of sp³-hybridized carbons (Fsp3) is 0.130. The average molecular weight is 467 g/mol. The zero-order chi connectivity index (χ0) is 22.7. The first-order valence-corrected chi connectivity index (χ1v) is 11.3. The van der Waals surface area contributed by atoms with Crippen LogP contribution in [0, 0.1) is 0 Å². The Bertz CT molecular complexity index is 1160. The summed E-state index contributed by atoms with van der Waals surface area (Å²) in [6.45, 7) is -0.124. The maximum Gasteiger partial charge on any atom is 0.293 e. The van der Waals surface area contributed by atoms with Crippen LogP contribution in [0.25, 0.3) is 12.2 Å². The Kier molecular flexibility index (Phi) is 6.48. The molecular weight excluding hydrogens is 448 g/mol. The van der Waals surface area contributed by atoms with Crippen LogP contribution < -0.4 is 4.74 Å². The van der Waals surface area contributed by atoms with E-state index in [0.29, 0.717) is 16.2 Å². The van der Waals surface area contributed by atoms with E-state index in [9.17, 15) is 19.2 Å². The highest BCUT2D eigenvalue weighted by molar-refractivity contribution is 8.18. The molecule has 7 nitrogen and oxygen atoms in total. The van der Waals surface area contributed by atoms with Gasteiger partial charge in [-0.2, -0.15) is 0 Å². The van der Waals surface area contributed by atoms with Crippen LogP contribution >= 0.6 is 23.5 Å². The molecule has 2 aromatic rings. The lowest BCUT2D eigenvalue weighted by atomic mass is 10.2. The van der Waals surface area contributed by atoms with Gasteiger partial charge in [0.2, 0.25) is 0 Å². The first-order valence-electron chi connectivity index (χ1n) is 9.66. The molecule has 4 rings (SSSR count). The first-order chi connectivity index (χ1) is 15.5. The average Bonchev–Trinajstić information content (AvgIpc) is 3.21. The maximum atomic E-state index is 12.8. The van der Waals surface area contributed by atoms with Gasteiger partial charge in [0.25, 0.3) is 22.3 Å². The molecule has 2 saturated heterocycles. The van der Waals surface area contributed by atoms with Crippen molar-refractivity contribution in [1.82, 2.24) is 9.80 Å². The van der Waals surface area contributed by atoms with Gasteiger partial charge in [-0.1, -0.05) is 48.5 Å². The van der Waals surface area contributed by atoms with Crippen molar-refractivity contribution in [3.05, 3.63) is 75.5 Å². The molecule has 0 bridgehead atoms. The second-order valence-corrected chi connectivity index (χ2v) is 8.81. The van der Waals surface area contributed by atoms with Gasteiger partial charge in [0, 0.05) is 18.7 Å². The summed E-state index contributed by atoms with van der Waals surface area (Å²) < 4.78 is 5.28. The summed E-state index contributed by atoms with van der Waals surface area (Å²) in [5.74, 6) is -0.305. The topological polar surface area (TPSA) is 84.0 Å². The van der Waals surface area contributed by atoms with E-state index in [1.54, 1.807) is 30.4 Å². The first kappa shape index (κ1) is 21.9. The molecule has 0 radical (unpaired) electrons. The summed E-state index contributed by atoms with van der Waals surface area (Å²) in [6, 6.07) is 16.4. The standard InChI is InChI=1S/C23H18N2O5S2/c1-30-17-10-6-5-9-16(17)14-19-21(27)25(23(29)32-19)12-11-24-20(26)18(31-22(24)28)13-15-7-3-2-4-8-15/h2-10,13-14H,11-12H2,1H3/b18-13-,19-14+. The van der Waals surface area contributed by atoms with E-state index in [-0.39, 0.29) is 18.0 Å². The number of ether oxygens (including phenoxy) is 1. The molecule has 0 atom stereocenters. The van der Waals surface area contributed by atoms with Crippen LogP contribution in [0.5, 0.6) is 5.75 Å². The molecule has 0 aromatic heterocycles. The second-order valence-electron chi connectivity index (χ2n) is 6.82. The predicted molar refractivity (Wildman–Crippen MR) is 125 cm³/mol. The number of methoxy groups -OCH3 is 1. The summed E-state index contributed by atoms with van der Waals surface area (Å²) in [7, 11) is 1.53. The van der Waals surface area contributed by atoms with Gasteiger partial charge in [-0.15, -0.1) is 0 Å². The van der Waals surface area contributed by atoms with Gasteiger partial charge in [-0.25, -0.2) is 0 Å². The number of amides is 4. The molecule has 2 aliphatic rings. The van der Waals surface area contributed by atoms with Gasteiger partial charge < -0.3 is 4.74 Å². The van der Waals surface area contributed by atoms with Crippen molar-refractivity contribution in [1.29, 1.82) is 0 Å². The number of carbonyl (C=O) groups is 4. The minimum absolute atomic E-state index is 0.0588. The third-order valence-electron chi connectivity index (χ3n) is 4.82. The Morgan fingerprint density at radius 1 is 0.750 bits per heavy atom. The van der Waals surface area contributed by atoms with Crippen molar-refractivity contribution >= 4 is 58.0 Å². The monoisotopic (exact) mass is 466 g/mol. The molecule has 0 unspecified atom stereocenters. The normalized spacial score (nSPS) is 19.0. The molecule has 32 heavy (non-hydrogen) atoms. The Morgan fingerprint density at radius 2 is 1.28 bits per heavy atom. The molecule has 2 aliphatic heterocycles. The summed E-state index contributed by atoms with van der Waals surface area (Å²) >= 11 is 1.67. The summed E-state index contributed by atoms with van der Waals surface area (Å²) in [5, 5.41) is -0.864. The van der Waals surface area contributed by atoms with Crippen LogP contribution in [0.4, 0.5) is 9.59 Å². The van der Waals surface area contributed by atoms with Crippen molar-refractivity contribution in [3.8, 4) is 5.75 Å². The molecule has 0 spiro atoms. The molecule has 0 saturated carbocycles. The van der Waals surface area contributed by atoms with Gasteiger partial charge >= 0.3 is 0 Å². The fourth-order valence-corrected chi connectivity index (χ4v) is 4.93. The third-order valence-corrected chi connectivity index (χ3v) is 6.63. The molecule has 2 fully saturated rings. The van der Waals surface area contributed by atoms with Gasteiger partial charge in [-0.3, -0.25) is 29.0 Å². The number of hydrogen-bond acceptors (Lipinski definition) is 7. The Morgan fingerprint density at radius 3 is 1.88 bits per heavy atom. The van der Waals surface area contributed by atoms with Gasteiger partial charge in [0.15, 0.2) is 0 Å². The van der Waals surface area contributed by atoms with Gasteiger partial charge in [0.1, 0.15) is 5.75 Å². The van der Waals surface area contributed by atoms with Crippen molar-refractivity contribution in [2.24, 2.45) is 0 Å². The van der Waals surface area contributed by atoms with Crippen molar-refractivity contribution in [3.63, 3.8) is 0 Å². The minimum atomic E-state index is -0.460. The zero-order valence-corrected chi connectivity index (χ0v) is 18.7. The molecular formula is C23H18N2O5S2. The smallest absolute Gasteiger partial charge is 0.293 e. The van der Waals surface area contributed by atoms with E-state index in [0.717, 1.165) is 38.9 Å². The van der Waals surface area contributed by atoms with Crippen molar-refractivity contribution < 1.29 is 23.9 Å². The lowest BCUT2D eigenvalue weighted by Crippen LogP contribution is -2.39. The number of para-hydroxylation sites is 1. The van der Waals surface area contributed by atoms with E-state index < -0.39 is 22.3 Å². The van der Waals surface area contributed by atoms with Crippen LogP contribution in [0.2, 0.25) is 0 Å². The molecule has 2 aromatic carbocycles. The summed E-state index contributed by atoms with van der Waals surface area (Å²) in [6.07, 6.45) is 3.26. The molecule has 0 N–H and O–H groups in total. The van der Waals surface area contributed by atoms with E-state index in [1.807, 2.05) is 36.4 Å². The van der Waals surface area contributed by atoms with Gasteiger partial charge in [0.05, 0.1) is 16.9 Å². The number of thioether (sulfide) groups is 2. The van der Waals surface area contributed by atoms with Crippen molar-refractivity contribution in [2.75, 3.05) is 20.2 Å². The number of imide groups is 2. The Hall–Kier alpha value is -3.30. The summed E-state index contributed by atoms with van der Waals surface area (Å²) in [4.78, 5) is 52.9. The van der Waals surface area contributed by atoms with Crippen LogP contribution in [0.3, 0.4) is 0 Å². The number of benzene rings is 2. The number of hydrogen-bond donors (Lipinski definition) is 0. The largest absolute Gasteiger partial charge is 0.496 e. The minimum Gasteiger partial charge on any atom is -0.496 e. The number of rotatable bonds is 6. The highest BCUT2D eigenvalue weighted by Gasteiger charge is 2.39. The fourth-order valence-electron chi connectivity index (χ4n) is 3.21. The second kappa shape index (κ2) is 9.46. The molecule has 0 aliphatic carbocycles. The van der Waals surface area contributed by atoms with E-state index in [2.05, 4.69) is 0 Å². The number of carbonyl (C=O) groups excluding carboxylic acids is 4. The Labute approximate surface area is 193 Å². The third kappa shape index (κ3) is 4.49. The van der Waals surface area contributed by atoms with Crippen molar-refractivity contribution in [2.45, 2.75) is 0 Å².